The van der Waals surface area contributed by atoms with Crippen LogP contribution in [0.2, 0.25) is 0 Å². The molecule has 3 rings (SSSR count). The SMILES string of the molecule is COc1ccc(/C=C/C(=O)C2(C(=O)/C=C/c3ccc(OC)c(OC)c3)CCNCC2)cc1OC. The Morgan fingerprint density at radius 1 is 0.706 bits per heavy atom. The molecule has 1 saturated heterocycles. The Morgan fingerprint density at radius 3 is 1.50 bits per heavy atom. The molecule has 0 spiro atoms. The summed E-state index contributed by atoms with van der Waals surface area (Å²) in [5.74, 6) is 1.95. The molecule has 0 radical (unpaired) electrons. The van der Waals surface area contributed by atoms with Crippen molar-refractivity contribution in [2.24, 2.45) is 5.41 Å². The van der Waals surface area contributed by atoms with Gasteiger partial charge in [0.05, 0.1) is 33.9 Å². The summed E-state index contributed by atoms with van der Waals surface area (Å²) in [6.45, 7) is 1.21. The Hall–Kier alpha value is -3.58. The molecule has 0 atom stereocenters. The first kappa shape index (κ1) is 25.1. The van der Waals surface area contributed by atoms with E-state index in [1.54, 1.807) is 64.9 Å². The number of benzene rings is 2. The van der Waals surface area contributed by atoms with Gasteiger partial charge >= 0.3 is 0 Å². The molecule has 0 amide bonds. The summed E-state index contributed by atoms with van der Waals surface area (Å²) in [6, 6.07) is 10.8. The van der Waals surface area contributed by atoms with E-state index in [1.807, 2.05) is 12.1 Å². The van der Waals surface area contributed by atoms with Crippen molar-refractivity contribution in [3.05, 3.63) is 59.7 Å². The van der Waals surface area contributed by atoms with Gasteiger partial charge in [-0.25, -0.2) is 0 Å². The zero-order valence-electron chi connectivity index (χ0n) is 20.1. The minimum Gasteiger partial charge on any atom is -0.493 e. The molecule has 7 heteroatoms. The Morgan fingerprint density at radius 2 is 1.12 bits per heavy atom. The summed E-state index contributed by atoms with van der Waals surface area (Å²) in [6.07, 6.45) is 7.29. The van der Waals surface area contributed by atoms with Crippen molar-refractivity contribution in [1.82, 2.24) is 5.32 Å². The molecule has 1 heterocycles. The van der Waals surface area contributed by atoms with Crippen molar-refractivity contribution < 1.29 is 28.5 Å². The summed E-state index contributed by atoms with van der Waals surface area (Å²) in [5, 5.41) is 3.24. The van der Waals surface area contributed by atoms with Gasteiger partial charge in [0.25, 0.3) is 0 Å². The van der Waals surface area contributed by atoms with Crippen LogP contribution in [0.3, 0.4) is 0 Å². The van der Waals surface area contributed by atoms with Crippen molar-refractivity contribution in [3.8, 4) is 23.0 Å². The van der Waals surface area contributed by atoms with Gasteiger partial charge in [0.1, 0.15) is 0 Å². The first-order valence-electron chi connectivity index (χ1n) is 11.1. The average molecular weight is 466 g/mol. The maximum absolute atomic E-state index is 13.3. The third kappa shape index (κ3) is 5.48. The molecule has 7 nitrogen and oxygen atoms in total. The third-order valence-electron chi connectivity index (χ3n) is 6.07. The van der Waals surface area contributed by atoms with Gasteiger partial charge in [-0.15, -0.1) is 0 Å². The monoisotopic (exact) mass is 465 g/mol. The van der Waals surface area contributed by atoms with Crippen LogP contribution in [0.5, 0.6) is 23.0 Å². The lowest BCUT2D eigenvalue weighted by molar-refractivity contribution is -0.136. The number of methoxy groups -OCH3 is 4. The smallest absolute Gasteiger partial charge is 0.169 e. The highest BCUT2D eigenvalue weighted by molar-refractivity contribution is 6.17. The van der Waals surface area contributed by atoms with E-state index in [9.17, 15) is 9.59 Å². The minimum absolute atomic E-state index is 0.203. The van der Waals surface area contributed by atoms with Gasteiger partial charge in [-0.1, -0.05) is 24.3 Å². The van der Waals surface area contributed by atoms with Crippen LogP contribution < -0.4 is 24.3 Å². The molecule has 1 fully saturated rings. The molecule has 1 aliphatic rings. The summed E-state index contributed by atoms with van der Waals surface area (Å²) in [7, 11) is 6.26. The van der Waals surface area contributed by atoms with Crippen LogP contribution in [0.1, 0.15) is 24.0 Å². The number of hydrogen-bond acceptors (Lipinski definition) is 7. The molecule has 180 valence electrons. The van der Waals surface area contributed by atoms with E-state index in [-0.39, 0.29) is 11.6 Å². The van der Waals surface area contributed by atoms with Crippen molar-refractivity contribution >= 4 is 23.7 Å². The number of ketones is 2. The second-order valence-corrected chi connectivity index (χ2v) is 7.96. The van der Waals surface area contributed by atoms with Gasteiger partial charge in [0, 0.05) is 0 Å². The first-order valence-corrected chi connectivity index (χ1v) is 11.1. The van der Waals surface area contributed by atoms with Crippen LogP contribution >= 0.6 is 0 Å². The fourth-order valence-electron chi connectivity index (χ4n) is 4.04. The number of nitrogens with one attached hydrogen (secondary N) is 1. The van der Waals surface area contributed by atoms with Crippen LogP contribution in [0.15, 0.2) is 48.6 Å². The predicted octanol–water partition coefficient (Wildman–Crippen LogP) is 3.96. The zero-order valence-corrected chi connectivity index (χ0v) is 20.1. The van der Waals surface area contributed by atoms with Gasteiger partial charge in [-0.3, -0.25) is 9.59 Å². The fourth-order valence-corrected chi connectivity index (χ4v) is 4.04. The van der Waals surface area contributed by atoms with Crippen molar-refractivity contribution in [2.45, 2.75) is 12.8 Å². The summed E-state index contributed by atoms with van der Waals surface area (Å²) >= 11 is 0. The highest BCUT2D eigenvalue weighted by atomic mass is 16.5. The molecular formula is C27H31NO6. The van der Waals surface area contributed by atoms with Gasteiger partial charge in [-0.2, -0.15) is 0 Å². The van der Waals surface area contributed by atoms with E-state index < -0.39 is 5.41 Å². The topological polar surface area (TPSA) is 83.1 Å². The van der Waals surface area contributed by atoms with Gasteiger partial charge in [0.2, 0.25) is 0 Å². The molecule has 2 aromatic carbocycles. The van der Waals surface area contributed by atoms with E-state index >= 15 is 0 Å². The fraction of sp³-hybridized carbons (Fsp3) is 0.333. The van der Waals surface area contributed by atoms with Crippen LogP contribution in [0.4, 0.5) is 0 Å². The molecule has 0 bridgehead atoms. The third-order valence-corrected chi connectivity index (χ3v) is 6.07. The number of allylic oxidation sites excluding steroid dienone is 2. The van der Waals surface area contributed by atoms with Gasteiger partial charge < -0.3 is 24.3 Å². The van der Waals surface area contributed by atoms with Crippen molar-refractivity contribution in [1.29, 1.82) is 0 Å². The van der Waals surface area contributed by atoms with Crippen LogP contribution in [-0.2, 0) is 9.59 Å². The Kier molecular flexibility index (Phi) is 8.49. The normalized spacial score (nSPS) is 15.3. The van der Waals surface area contributed by atoms with Crippen LogP contribution in [0, 0.1) is 5.41 Å². The first-order chi connectivity index (χ1) is 16.5. The molecule has 1 aliphatic heterocycles. The molecule has 1 N–H and O–H groups in total. The summed E-state index contributed by atoms with van der Waals surface area (Å²) < 4.78 is 21.2. The molecule has 2 aromatic rings. The standard InChI is InChI=1S/C27H31NO6/c1-31-21-9-5-19(17-23(21)33-3)7-11-25(29)27(13-15-28-16-14-27)26(30)12-8-20-6-10-22(32-2)24(18-20)34-4/h5-12,17-18,28H,13-16H2,1-4H3/b11-7+,12-8+. The lowest BCUT2D eigenvalue weighted by Crippen LogP contribution is -2.46. The second kappa shape index (κ2) is 11.5. The van der Waals surface area contributed by atoms with E-state index in [2.05, 4.69) is 5.32 Å². The summed E-state index contributed by atoms with van der Waals surface area (Å²) in [5.41, 5.74) is 0.470. The number of rotatable bonds is 10. The second-order valence-electron chi connectivity index (χ2n) is 7.96. The highest BCUT2D eigenvalue weighted by Gasteiger charge is 2.43. The van der Waals surface area contributed by atoms with Gasteiger partial charge in [-0.05, 0) is 73.5 Å². The average Bonchev–Trinajstić information content (AvgIpc) is 2.90. The number of carbonyl (C=O) groups is 2. The van der Waals surface area contributed by atoms with Crippen molar-refractivity contribution in [2.75, 3.05) is 41.5 Å². The molecule has 34 heavy (non-hydrogen) atoms. The van der Waals surface area contributed by atoms with Crippen molar-refractivity contribution in [3.63, 3.8) is 0 Å². The van der Waals surface area contributed by atoms with Crippen LogP contribution in [0.25, 0.3) is 12.2 Å². The number of piperidine rings is 1. The van der Waals surface area contributed by atoms with E-state index in [4.69, 9.17) is 18.9 Å². The molecular weight excluding hydrogens is 434 g/mol. The zero-order chi connectivity index (χ0) is 24.6. The van der Waals surface area contributed by atoms with E-state index in [1.165, 1.54) is 12.2 Å². The Bertz CT molecular complexity index is 1000. The van der Waals surface area contributed by atoms with Gasteiger partial charge in [0.15, 0.2) is 34.6 Å². The Balaban J connectivity index is 1.83. The number of carbonyl (C=O) groups excluding carboxylic acids is 2. The Labute approximate surface area is 200 Å². The molecule has 0 aromatic heterocycles. The highest BCUT2D eigenvalue weighted by Crippen LogP contribution is 2.34. The molecule has 0 aliphatic carbocycles. The van der Waals surface area contributed by atoms with Crippen LogP contribution in [-0.4, -0.2) is 53.1 Å². The number of hydrogen-bond donors (Lipinski definition) is 1. The molecule has 0 saturated carbocycles. The minimum atomic E-state index is -1.09. The molecule has 0 unspecified atom stereocenters. The maximum atomic E-state index is 13.3. The summed E-state index contributed by atoms with van der Waals surface area (Å²) in [4.78, 5) is 26.7. The van der Waals surface area contributed by atoms with E-state index in [0.717, 1.165) is 11.1 Å². The predicted molar refractivity (Wildman–Crippen MR) is 132 cm³/mol. The largest absolute Gasteiger partial charge is 0.493 e. The van der Waals surface area contributed by atoms with E-state index in [0.29, 0.717) is 48.9 Å². The lowest BCUT2D eigenvalue weighted by atomic mass is 9.71. The number of ether oxygens (including phenoxy) is 4. The maximum Gasteiger partial charge on any atom is 0.169 e. The lowest BCUT2D eigenvalue weighted by Gasteiger charge is -2.33. The quantitative estimate of drug-likeness (QED) is 0.420.